The summed E-state index contributed by atoms with van der Waals surface area (Å²) in [6.07, 6.45) is 6.71. The van der Waals surface area contributed by atoms with Crippen LogP contribution < -0.4 is 15.4 Å². The lowest BCUT2D eigenvalue weighted by molar-refractivity contribution is 0.0924. The molecule has 1 aliphatic rings. The summed E-state index contributed by atoms with van der Waals surface area (Å²) in [4.78, 5) is 28.9. The molecule has 1 fully saturated rings. The molecule has 2 N–H and O–H groups in total. The molecule has 0 unspecified atom stereocenters. The first-order valence-corrected chi connectivity index (χ1v) is 10.0. The zero-order valence-electron chi connectivity index (χ0n) is 16.5. The first-order valence-electron chi connectivity index (χ1n) is 10.0. The van der Waals surface area contributed by atoms with E-state index in [1.165, 1.54) is 6.42 Å². The maximum Gasteiger partial charge on any atom is 0.255 e. The van der Waals surface area contributed by atoms with Crippen LogP contribution in [0, 0.1) is 0 Å². The van der Waals surface area contributed by atoms with E-state index in [0.29, 0.717) is 29.1 Å². The van der Waals surface area contributed by atoms with Crippen molar-refractivity contribution in [1.82, 2.24) is 10.3 Å². The molecule has 2 aromatic carbocycles. The SMILES string of the molecule is O=C(Nc1ccncc1)c1ccc(CNC(=O)c2ccccc2OC2CCC2)cc1. The monoisotopic (exact) mass is 401 g/mol. The molecular weight excluding hydrogens is 378 g/mol. The third-order valence-electron chi connectivity index (χ3n) is 5.08. The molecule has 1 saturated carbocycles. The summed E-state index contributed by atoms with van der Waals surface area (Å²) in [5, 5.41) is 5.75. The van der Waals surface area contributed by atoms with Crippen LogP contribution in [0.5, 0.6) is 5.75 Å². The van der Waals surface area contributed by atoms with Gasteiger partial charge in [-0.25, -0.2) is 0 Å². The molecule has 1 heterocycles. The second-order valence-electron chi connectivity index (χ2n) is 7.24. The normalized spacial score (nSPS) is 13.2. The number of ether oxygens (including phenoxy) is 1. The maximum absolute atomic E-state index is 12.6. The van der Waals surface area contributed by atoms with E-state index < -0.39 is 0 Å². The fourth-order valence-corrected chi connectivity index (χ4v) is 3.12. The highest BCUT2D eigenvalue weighted by molar-refractivity contribution is 6.04. The van der Waals surface area contributed by atoms with Crippen molar-refractivity contribution >= 4 is 17.5 Å². The Balaban J connectivity index is 1.34. The number of hydrogen-bond donors (Lipinski definition) is 2. The molecule has 6 heteroatoms. The highest BCUT2D eigenvalue weighted by atomic mass is 16.5. The van der Waals surface area contributed by atoms with Crippen LogP contribution >= 0.6 is 0 Å². The number of carbonyl (C=O) groups is 2. The fraction of sp³-hybridized carbons (Fsp3) is 0.208. The molecule has 30 heavy (non-hydrogen) atoms. The molecule has 1 aromatic heterocycles. The number of benzene rings is 2. The largest absolute Gasteiger partial charge is 0.490 e. The lowest BCUT2D eigenvalue weighted by Crippen LogP contribution is -2.27. The van der Waals surface area contributed by atoms with Gasteiger partial charge in [0.2, 0.25) is 0 Å². The Hall–Kier alpha value is -3.67. The van der Waals surface area contributed by atoms with Crippen LogP contribution in [0.3, 0.4) is 0 Å². The highest BCUT2D eigenvalue weighted by Gasteiger charge is 2.21. The van der Waals surface area contributed by atoms with Crippen LogP contribution in [0.1, 0.15) is 45.5 Å². The lowest BCUT2D eigenvalue weighted by Gasteiger charge is -2.27. The summed E-state index contributed by atoms with van der Waals surface area (Å²) in [6.45, 7) is 0.364. The minimum atomic E-state index is -0.196. The van der Waals surface area contributed by atoms with Gasteiger partial charge in [0.1, 0.15) is 5.75 Å². The van der Waals surface area contributed by atoms with E-state index in [0.717, 1.165) is 18.4 Å². The number of aromatic nitrogens is 1. The summed E-state index contributed by atoms with van der Waals surface area (Å²) >= 11 is 0. The number of rotatable bonds is 7. The smallest absolute Gasteiger partial charge is 0.255 e. The van der Waals surface area contributed by atoms with Gasteiger partial charge in [0.25, 0.3) is 11.8 Å². The molecule has 0 aliphatic heterocycles. The predicted molar refractivity (Wildman–Crippen MR) is 115 cm³/mol. The molecule has 0 bridgehead atoms. The predicted octanol–water partition coefficient (Wildman–Crippen LogP) is 4.20. The van der Waals surface area contributed by atoms with Crippen LogP contribution in [0.2, 0.25) is 0 Å². The Morgan fingerprint density at radius 3 is 2.37 bits per heavy atom. The summed E-state index contributed by atoms with van der Waals surface area (Å²) in [7, 11) is 0. The van der Waals surface area contributed by atoms with Gasteiger partial charge in [-0.15, -0.1) is 0 Å². The number of anilines is 1. The molecule has 2 amide bonds. The van der Waals surface area contributed by atoms with Crippen LogP contribution in [0.15, 0.2) is 73.1 Å². The quantitative estimate of drug-likeness (QED) is 0.622. The van der Waals surface area contributed by atoms with Crippen LogP contribution in [0.4, 0.5) is 5.69 Å². The van der Waals surface area contributed by atoms with Crippen LogP contribution in [-0.2, 0) is 6.54 Å². The Labute approximate surface area is 175 Å². The third-order valence-corrected chi connectivity index (χ3v) is 5.08. The molecular formula is C24H23N3O3. The minimum absolute atomic E-state index is 0.176. The van der Waals surface area contributed by atoms with Gasteiger partial charge in [-0.05, 0) is 61.2 Å². The molecule has 152 valence electrons. The zero-order chi connectivity index (χ0) is 20.8. The number of para-hydroxylation sites is 1. The topological polar surface area (TPSA) is 80.3 Å². The lowest BCUT2D eigenvalue weighted by atomic mass is 9.96. The fourth-order valence-electron chi connectivity index (χ4n) is 3.12. The second-order valence-corrected chi connectivity index (χ2v) is 7.24. The number of hydrogen-bond acceptors (Lipinski definition) is 4. The van der Waals surface area contributed by atoms with Crippen molar-refractivity contribution in [2.45, 2.75) is 31.9 Å². The summed E-state index contributed by atoms with van der Waals surface area (Å²) in [5.41, 5.74) is 2.68. The average Bonchev–Trinajstić information content (AvgIpc) is 2.76. The number of nitrogens with zero attached hydrogens (tertiary/aromatic N) is 1. The van der Waals surface area contributed by atoms with E-state index in [2.05, 4.69) is 15.6 Å². The number of carbonyl (C=O) groups excluding carboxylic acids is 2. The summed E-state index contributed by atoms with van der Waals surface area (Å²) < 4.78 is 5.94. The molecule has 4 rings (SSSR count). The zero-order valence-corrected chi connectivity index (χ0v) is 16.5. The molecule has 0 saturated heterocycles. The minimum Gasteiger partial charge on any atom is -0.490 e. The molecule has 0 spiro atoms. The van der Waals surface area contributed by atoms with Gasteiger partial charge in [-0.1, -0.05) is 24.3 Å². The number of amides is 2. The van der Waals surface area contributed by atoms with Crippen molar-refractivity contribution in [3.63, 3.8) is 0 Å². The Bertz CT molecular complexity index is 1020. The second kappa shape index (κ2) is 9.22. The van der Waals surface area contributed by atoms with Crippen LogP contribution in [0.25, 0.3) is 0 Å². The van der Waals surface area contributed by atoms with Crippen molar-refractivity contribution in [1.29, 1.82) is 0 Å². The van der Waals surface area contributed by atoms with Gasteiger partial charge in [0, 0.05) is 30.2 Å². The summed E-state index contributed by atoms with van der Waals surface area (Å²) in [5.74, 6) is 0.256. The number of nitrogens with one attached hydrogen (secondary N) is 2. The maximum atomic E-state index is 12.6. The van der Waals surface area contributed by atoms with Gasteiger partial charge in [-0.2, -0.15) is 0 Å². The van der Waals surface area contributed by atoms with E-state index >= 15 is 0 Å². The molecule has 0 atom stereocenters. The van der Waals surface area contributed by atoms with Crippen molar-refractivity contribution in [2.24, 2.45) is 0 Å². The Morgan fingerprint density at radius 2 is 1.67 bits per heavy atom. The number of pyridine rings is 1. The molecule has 3 aromatic rings. The van der Waals surface area contributed by atoms with Gasteiger partial charge >= 0.3 is 0 Å². The average molecular weight is 401 g/mol. The Morgan fingerprint density at radius 1 is 0.933 bits per heavy atom. The van der Waals surface area contributed by atoms with E-state index in [-0.39, 0.29) is 17.9 Å². The van der Waals surface area contributed by atoms with Crippen LogP contribution in [-0.4, -0.2) is 22.9 Å². The first-order chi connectivity index (χ1) is 14.7. The molecule has 1 aliphatic carbocycles. The van der Waals surface area contributed by atoms with Crippen molar-refractivity contribution in [3.8, 4) is 5.75 Å². The third kappa shape index (κ3) is 4.84. The van der Waals surface area contributed by atoms with Crippen molar-refractivity contribution in [2.75, 3.05) is 5.32 Å². The molecule has 0 radical (unpaired) electrons. The van der Waals surface area contributed by atoms with Gasteiger partial charge in [0.05, 0.1) is 11.7 Å². The van der Waals surface area contributed by atoms with E-state index in [4.69, 9.17) is 4.74 Å². The van der Waals surface area contributed by atoms with Gasteiger partial charge in [0.15, 0.2) is 0 Å². The summed E-state index contributed by atoms with van der Waals surface area (Å²) in [6, 6.07) is 17.9. The first kappa shape index (κ1) is 19.6. The van der Waals surface area contributed by atoms with E-state index in [9.17, 15) is 9.59 Å². The van der Waals surface area contributed by atoms with Crippen molar-refractivity contribution in [3.05, 3.63) is 89.7 Å². The highest BCUT2D eigenvalue weighted by Crippen LogP contribution is 2.27. The standard InChI is InChI=1S/C24H23N3O3/c28-23(27-19-12-14-25-15-13-19)18-10-8-17(9-11-18)16-26-24(29)21-6-1-2-7-22(21)30-20-4-3-5-20/h1-2,6-15,20H,3-5,16H2,(H,26,29)(H,25,27,28). The van der Waals surface area contributed by atoms with Gasteiger partial charge < -0.3 is 15.4 Å². The van der Waals surface area contributed by atoms with E-state index in [1.807, 2.05) is 30.3 Å². The molecule has 6 nitrogen and oxygen atoms in total. The van der Waals surface area contributed by atoms with Crippen molar-refractivity contribution < 1.29 is 14.3 Å². The van der Waals surface area contributed by atoms with Gasteiger partial charge in [-0.3, -0.25) is 14.6 Å². The Kier molecular flexibility index (Phi) is 6.03. The van der Waals surface area contributed by atoms with E-state index in [1.54, 1.807) is 42.7 Å².